The van der Waals surface area contributed by atoms with Crippen LogP contribution in [0, 0.1) is 0 Å². The predicted octanol–water partition coefficient (Wildman–Crippen LogP) is 9.30. The molecule has 7 heteroatoms. The highest BCUT2D eigenvalue weighted by molar-refractivity contribution is 8.76. The monoisotopic (exact) mass is 460 g/mol. The largest absolute Gasteiger partial charge is 0.0831 e. The Balaban J connectivity index is 1.97. The summed E-state index contributed by atoms with van der Waals surface area (Å²) >= 11 is 6.51. The number of hydrogen-bond acceptors (Lipinski definition) is 4. The first kappa shape index (κ1) is 19.7. The molecule has 0 aliphatic rings. The Labute approximate surface area is 177 Å². The molecule has 0 aromatic heterocycles. The van der Waals surface area contributed by atoms with Crippen molar-refractivity contribution in [3.8, 4) is 11.1 Å². The van der Waals surface area contributed by atoms with Crippen LogP contribution in [0.5, 0.6) is 0 Å². The van der Waals surface area contributed by atoms with E-state index in [2.05, 4.69) is 18.2 Å². The van der Waals surface area contributed by atoms with Gasteiger partial charge in [0.2, 0.25) is 0 Å². The van der Waals surface area contributed by atoms with E-state index in [9.17, 15) is 0 Å². The van der Waals surface area contributed by atoms with Crippen LogP contribution in [0.1, 0.15) is 0 Å². The summed E-state index contributed by atoms with van der Waals surface area (Å²) in [7, 11) is 17.7. The van der Waals surface area contributed by atoms with Crippen LogP contribution in [0.2, 0.25) is 5.02 Å². The average Bonchev–Trinajstić information content (AvgIpc) is 2.67. The molecule has 128 valence electrons. The van der Waals surface area contributed by atoms with Crippen molar-refractivity contribution < 1.29 is 0 Å². The van der Waals surface area contributed by atoms with E-state index in [1.54, 1.807) is 21.6 Å². The van der Waals surface area contributed by atoms with E-state index in [4.69, 9.17) is 33.0 Å². The molecule has 0 amide bonds. The van der Waals surface area contributed by atoms with E-state index in [1.807, 2.05) is 48.5 Å². The number of halogens is 3. The zero-order valence-electron chi connectivity index (χ0n) is 12.6. The second-order valence-corrected chi connectivity index (χ2v) is 9.58. The Morgan fingerprint density at radius 2 is 1.16 bits per heavy atom. The van der Waals surface area contributed by atoms with Gasteiger partial charge in [-0.3, -0.25) is 0 Å². The molecule has 0 bridgehead atoms. The molecule has 0 N–H and O–H groups in total. The van der Waals surface area contributed by atoms with E-state index in [-0.39, 0.29) is 0 Å². The van der Waals surface area contributed by atoms with Gasteiger partial charge in [-0.1, -0.05) is 75.7 Å². The summed E-state index contributed by atoms with van der Waals surface area (Å²) < 4.78 is 0. The Bertz CT molecular complexity index is 870. The van der Waals surface area contributed by atoms with Gasteiger partial charge in [-0.05, 0) is 78.7 Å². The Hall–Kier alpha value is -0.0700. The number of rotatable bonds is 6. The normalized spacial score (nSPS) is 10.8. The summed E-state index contributed by atoms with van der Waals surface area (Å²) in [5, 5.41) is 0.723. The maximum absolute atomic E-state index is 6.51. The third-order valence-electron chi connectivity index (χ3n) is 3.37. The predicted molar refractivity (Wildman–Crippen MR) is 118 cm³/mol. The fourth-order valence-electron chi connectivity index (χ4n) is 2.23. The van der Waals surface area contributed by atoms with Crippen molar-refractivity contribution in [2.75, 3.05) is 0 Å². The van der Waals surface area contributed by atoms with E-state index in [0.29, 0.717) is 0 Å². The Kier molecular flexibility index (Phi) is 7.67. The molecule has 3 rings (SSSR count). The molecule has 0 saturated carbocycles. The highest BCUT2D eigenvalue weighted by Gasteiger charge is 2.14. The minimum absolute atomic E-state index is 0.723. The van der Waals surface area contributed by atoms with Crippen LogP contribution in [0.4, 0.5) is 0 Å². The van der Waals surface area contributed by atoms with Gasteiger partial charge in [-0.15, -0.1) is 0 Å². The Morgan fingerprint density at radius 3 is 1.88 bits per heavy atom. The summed E-state index contributed by atoms with van der Waals surface area (Å²) in [6, 6.07) is 22.1. The van der Waals surface area contributed by atoms with Gasteiger partial charge >= 0.3 is 0 Å². The molecule has 3 aromatic carbocycles. The van der Waals surface area contributed by atoms with Crippen molar-refractivity contribution in [1.82, 2.24) is 0 Å². The minimum Gasteiger partial charge on any atom is -0.0831 e. The minimum atomic E-state index is 0.723. The molecule has 0 heterocycles. The van der Waals surface area contributed by atoms with Crippen LogP contribution in [0.3, 0.4) is 0 Å². The first-order valence-corrected chi connectivity index (χ1v) is 12.9. The van der Waals surface area contributed by atoms with E-state index < -0.39 is 0 Å². The number of benzene rings is 3. The zero-order valence-corrected chi connectivity index (χ0v) is 18.2. The van der Waals surface area contributed by atoms with Crippen LogP contribution < -0.4 is 0 Å². The summed E-state index contributed by atoms with van der Waals surface area (Å²) in [4.78, 5) is 4.17. The standard InChI is InChI=1S/C18H11Cl3S4/c19-14-8-5-7-13(12-6-1-2-9-15(12)22-20)18(14)25-24-17-11-4-3-10-16(17)23-21/h1-11H. The van der Waals surface area contributed by atoms with Crippen molar-refractivity contribution in [2.45, 2.75) is 19.6 Å². The average molecular weight is 462 g/mol. The molecule has 3 aromatic rings. The van der Waals surface area contributed by atoms with Gasteiger partial charge in [0, 0.05) is 19.6 Å². The topological polar surface area (TPSA) is 0 Å². The van der Waals surface area contributed by atoms with E-state index >= 15 is 0 Å². The summed E-state index contributed by atoms with van der Waals surface area (Å²) in [6.45, 7) is 0. The van der Waals surface area contributed by atoms with Gasteiger partial charge in [0.05, 0.1) is 5.02 Å². The Morgan fingerprint density at radius 1 is 0.560 bits per heavy atom. The fourth-order valence-corrected chi connectivity index (χ4v) is 7.04. The lowest BCUT2D eigenvalue weighted by molar-refractivity contribution is 1.27. The molecule has 0 radical (unpaired) electrons. The van der Waals surface area contributed by atoms with Crippen LogP contribution in [-0.2, 0) is 0 Å². The van der Waals surface area contributed by atoms with Gasteiger partial charge < -0.3 is 0 Å². The van der Waals surface area contributed by atoms with Crippen molar-refractivity contribution in [3.05, 3.63) is 71.8 Å². The maximum atomic E-state index is 6.51. The second kappa shape index (κ2) is 9.75. The summed E-state index contributed by atoms with van der Waals surface area (Å²) in [6.07, 6.45) is 0. The lowest BCUT2D eigenvalue weighted by Gasteiger charge is -2.13. The van der Waals surface area contributed by atoms with Crippen molar-refractivity contribution in [2.24, 2.45) is 0 Å². The lowest BCUT2D eigenvalue weighted by atomic mass is 10.1. The van der Waals surface area contributed by atoms with Gasteiger partial charge in [0.15, 0.2) is 0 Å². The highest BCUT2D eigenvalue weighted by atomic mass is 35.7. The van der Waals surface area contributed by atoms with Crippen LogP contribution in [0.25, 0.3) is 11.1 Å². The zero-order chi connectivity index (χ0) is 17.6. The second-order valence-electron chi connectivity index (χ2n) is 4.88. The van der Waals surface area contributed by atoms with Crippen LogP contribution >= 0.6 is 76.5 Å². The molecule has 0 unspecified atom stereocenters. The van der Waals surface area contributed by atoms with Crippen molar-refractivity contribution in [3.63, 3.8) is 0 Å². The molecule has 0 atom stereocenters. The highest BCUT2D eigenvalue weighted by Crippen LogP contribution is 2.49. The molecular formula is C18H11Cl3S4. The maximum Gasteiger partial charge on any atom is 0.0556 e. The van der Waals surface area contributed by atoms with E-state index in [0.717, 1.165) is 35.7 Å². The molecule has 0 aliphatic heterocycles. The van der Waals surface area contributed by atoms with Gasteiger partial charge in [-0.2, -0.15) is 0 Å². The van der Waals surface area contributed by atoms with E-state index in [1.165, 1.54) is 22.0 Å². The quantitative estimate of drug-likeness (QED) is 0.335. The molecule has 0 aliphatic carbocycles. The van der Waals surface area contributed by atoms with Crippen LogP contribution in [-0.4, -0.2) is 0 Å². The summed E-state index contributed by atoms with van der Waals surface area (Å²) in [5.74, 6) is 0. The van der Waals surface area contributed by atoms with Crippen LogP contribution in [0.15, 0.2) is 86.3 Å². The SMILES string of the molecule is ClSc1ccccc1SSc1c(Cl)cccc1-c1ccccc1SCl. The van der Waals surface area contributed by atoms with Crippen molar-refractivity contribution >= 4 is 76.5 Å². The first-order chi connectivity index (χ1) is 12.2. The number of hydrogen-bond donors (Lipinski definition) is 0. The van der Waals surface area contributed by atoms with Gasteiger partial charge in [-0.25, -0.2) is 0 Å². The first-order valence-electron chi connectivity index (χ1n) is 7.13. The van der Waals surface area contributed by atoms with Gasteiger partial charge in [0.1, 0.15) is 0 Å². The molecule has 0 saturated heterocycles. The van der Waals surface area contributed by atoms with Crippen molar-refractivity contribution in [1.29, 1.82) is 0 Å². The molecule has 0 nitrogen and oxygen atoms in total. The molecule has 0 fully saturated rings. The molecular weight excluding hydrogens is 451 g/mol. The fraction of sp³-hybridized carbons (Fsp3) is 0. The molecule has 25 heavy (non-hydrogen) atoms. The third-order valence-corrected chi connectivity index (χ3v) is 8.49. The lowest BCUT2D eigenvalue weighted by Crippen LogP contribution is -1.85. The van der Waals surface area contributed by atoms with Gasteiger partial charge in [0.25, 0.3) is 0 Å². The summed E-state index contributed by atoms with van der Waals surface area (Å²) in [5.41, 5.74) is 2.15. The third kappa shape index (κ3) is 4.81. The molecule has 0 spiro atoms. The smallest absolute Gasteiger partial charge is 0.0556 e.